The molecule has 72 valence electrons. The second-order valence-corrected chi connectivity index (χ2v) is 3.87. The minimum Gasteiger partial charge on any atom is -0.379 e. The molecule has 1 rings (SSSR count). The van der Waals surface area contributed by atoms with Crippen LogP contribution in [0, 0.1) is 5.92 Å². The summed E-state index contributed by atoms with van der Waals surface area (Å²) in [5.74, 6) is 1.48. The first-order valence-corrected chi connectivity index (χ1v) is 5.22. The molecule has 0 saturated carbocycles. The van der Waals surface area contributed by atoms with Crippen molar-refractivity contribution in [3.63, 3.8) is 0 Å². The van der Waals surface area contributed by atoms with Gasteiger partial charge in [-0.1, -0.05) is 6.92 Å². The molecule has 0 aromatic rings. The summed E-state index contributed by atoms with van der Waals surface area (Å²) in [4.78, 5) is 2.46. The molecule has 0 N–H and O–H groups in total. The molecule has 1 atom stereocenters. The van der Waals surface area contributed by atoms with Crippen LogP contribution in [0.3, 0.4) is 0 Å². The lowest BCUT2D eigenvalue weighted by molar-refractivity contribution is 0.122. The predicted octanol–water partition coefficient (Wildman–Crippen LogP) is 1.58. The van der Waals surface area contributed by atoms with Gasteiger partial charge in [-0.3, -0.25) is 0 Å². The van der Waals surface area contributed by atoms with E-state index >= 15 is 0 Å². The minimum absolute atomic E-state index is 0.608. The molecule has 1 unspecified atom stereocenters. The number of ether oxygens (including phenoxy) is 1. The Balaban J connectivity index is 1.93. The van der Waals surface area contributed by atoms with Crippen molar-refractivity contribution in [1.82, 2.24) is 4.90 Å². The first-order valence-electron chi connectivity index (χ1n) is 4.69. The molecule has 1 fully saturated rings. The predicted molar refractivity (Wildman–Crippen MR) is 51.8 cm³/mol. The smallest absolute Gasteiger partial charge is 0.0602 e. The number of hydrogen-bond donors (Lipinski definition) is 0. The molecule has 0 aromatic heterocycles. The Morgan fingerprint density at radius 1 is 1.50 bits per heavy atom. The molecule has 0 aliphatic carbocycles. The van der Waals surface area contributed by atoms with Crippen LogP contribution in [0.1, 0.15) is 13.3 Å². The van der Waals surface area contributed by atoms with E-state index in [9.17, 15) is 0 Å². The molecule has 1 heterocycles. The molecule has 1 saturated heterocycles. The summed E-state index contributed by atoms with van der Waals surface area (Å²) >= 11 is 5.48. The molecule has 0 bridgehead atoms. The Kier molecular flexibility index (Phi) is 4.96. The molecule has 0 aromatic carbocycles. The topological polar surface area (TPSA) is 12.5 Å². The van der Waals surface area contributed by atoms with Crippen molar-refractivity contribution in [3.05, 3.63) is 0 Å². The molecule has 0 amide bonds. The summed E-state index contributed by atoms with van der Waals surface area (Å²) in [6.07, 6.45) is 1.34. The summed E-state index contributed by atoms with van der Waals surface area (Å²) in [5.41, 5.74) is 0. The van der Waals surface area contributed by atoms with Gasteiger partial charge in [-0.25, -0.2) is 0 Å². The zero-order valence-electron chi connectivity index (χ0n) is 7.76. The molecular weight excluding hydrogens is 174 g/mol. The highest BCUT2D eigenvalue weighted by atomic mass is 35.5. The Hall–Kier alpha value is 0.210. The average Bonchev–Trinajstić information content (AvgIpc) is 2.45. The van der Waals surface area contributed by atoms with Crippen molar-refractivity contribution < 1.29 is 4.74 Å². The number of halogens is 1. The summed E-state index contributed by atoms with van der Waals surface area (Å²) < 4.78 is 5.31. The fraction of sp³-hybridized carbons (Fsp3) is 1.00. The summed E-state index contributed by atoms with van der Waals surface area (Å²) in [6, 6.07) is 0. The third kappa shape index (κ3) is 3.74. The van der Waals surface area contributed by atoms with E-state index in [4.69, 9.17) is 16.3 Å². The summed E-state index contributed by atoms with van der Waals surface area (Å²) in [6.45, 7) is 7.38. The lowest BCUT2D eigenvalue weighted by Gasteiger charge is -2.14. The van der Waals surface area contributed by atoms with Gasteiger partial charge in [0, 0.05) is 19.0 Å². The normalized spacial score (nSPS) is 25.0. The second-order valence-electron chi connectivity index (χ2n) is 3.50. The van der Waals surface area contributed by atoms with E-state index in [0.29, 0.717) is 12.5 Å². The quantitative estimate of drug-likeness (QED) is 0.484. The van der Waals surface area contributed by atoms with Gasteiger partial charge in [0.15, 0.2) is 0 Å². The fourth-order valence-corrected chi connectivity index (χ4v) is 1.69. The Morgan fingerprint density at radius 3 is 2.92 bits per heavy atom. The van der Waals surface area contributed by atoms with Gasteiger partial charge in [0.25, 0.3) is 0 Å². The fourth-order valence-electron chi connectivity index (χ4n) is 1.58. The van der Waals surface area contributed by atoms with Crippen LogP contribution < -0.4 is 0 Å². The number of rotatable bonds is 5. The molecule has 2 nitrogen and oxygen atoms in total. The van der Waals surface area contributed by atoms with E-state index in [0.717, 1.165) is 19.1 Å². The standard InChI is InChI=1S/C9H18ClNO/c1-9-2-4-11(8-9)5-7-12-6-3-10/h9H,2-8H2,1H3. The maximum atomic E-state index is 5.48. The van der Waals surface area contributed by atoms with Crippen molar-refractivity contribution in [2.45, 2.75) is 13.3 Å². The zero-order chi connectivity index (χ0) is 8.81. The Morgan fingerprint density at radius 2 is 2.33 bits per heavy atom. The van der Waals surface area contributed by atoms with Crippen molar-refractivity contribution in [1.29, 1.82) is 0 Å². The van der Waals surface area contributed by atoms with Crippen molar-refractivity contribution in [2.24, 2.45) is 5.92 Å². The highest BCUT2D eigenvalue weighted by molar-refractivity contribution is 6.17. The van der Waals surface area contributed by atoms with Crippen LogP contribution in [0.4, 0.5) is 0 Å². The van der Waals surface area contributed by atoms with Crippen LogP contribution in [0.5, 0.6) is 0 Å². The van der Waals surface area contributed by atoms with Crippen LogP contribution in [0.15, 0.2) is 0 Å². The highest BCUT2D eigenvalue weighted by Gasteiger charge is 2.17. The maximum absolute atomic E-state index is 5.48. The Bertz CT molecular complexity index is 121. The van der Waals surface area contributed by atoms with Gasteiger partial charge in [0.2, 0.25) is 0 Å². The van der Waals surface area contributed by atoms with Gasteiger partial charge in [-0.15, -0.1) is 11.6 Å². The molecule has 1 aliphatic heterocycles. The van der Waals surface area contributed by atoms with E-state index in [-0.39, 0.29) is 0 Å². The minimum atomic E-state index is 0.608. The third-order valence-electron chi connectivity index (χ3n) is 2.28. The van der Waals surface area contributed by atoms with Gasteiger partial charge in [-0.05, 0) is 18.9 Å². The van der Waals surface area contributed by atoms with Crippen molar-refractivity contribution in [3.8, 4) is 0 Å². The first kappa shape index (κ1) is 10.3. The van der Waals surface area contributed by atoms with Crippen molar-refractivity contribution in [2.75, 3.05) is 38.7 Å². The largest absolute Gasteiger partial charge is 0.379 e. The number of alkyl halides is 1. The van der Waals surface area contributed by atoms with E-state index in [1.165, 1.54) is 19.5 Å². The van der Waals surface area contributed by atoms with Crippen LogP contribution in [-0.2, 0) is 4.74 Å². The SMILES string of the molecule is CC1CCN(CCOCCCl)C1. The van der Waals surface area contributed by atoms with Gasteiger partial charge in [0.1, 0.15) is 0 Å². The monoisotopic (exact) mass is 191 g/mol. The molecule has 12 heavy (non-hydrogen) atoms. The third-order valence-corrected chi connectivity index (χ3v) is 2.44. The van der Waals surface area contributed by atoms with Crippen LogP contribution in [0.25, 0.3) is 0 Å². The molecular formula is C9H18ClNO. The van der Waals surface area contributed by atoms with Crippen molar-refractivity contribution >= 4 is 11.6 Å². The maximum Gasteiger partial charge on any atom is 0.0602 e. The van der Waals surface area contributed by atoms with Gasteiger partial charge < -0.3 is 9.64 Å². The Labute approximate surface area is 79.8 Å². The highest BCUT2D eigenvalue weighted by Crippen LogP contribution is 2.13. The van der Waals surface area contributed by atoms with E-state index in [2.05, 4.69) is 11.8 Å². The number of hydrogen-bond acceptors (Lipinski definition) is 2. The van der Waals surface area contributed by atoms with E-state index in [1.54, 1.807) is 0 Å². The molecule has 3 heteroatoms. The average molecular weight is 192 g/mol. The molecule has 0 spiro atoms. The zero-order valence-corrected chi connectivity index (χ0v) is 8.52. The van der Waals surface area contributed by atoms with E-state index in [1.807, 2.05) is 0 Å². The van der Waals surface area contributed by atoms with Crippen LogP contribution in [0.2, 0.25) is 0 Å². The van der Waals surface area contributed by atoms with E-state index < -0.39 is 0 Å². The first-order chi connectivity index (χ1) is 5.83. The van der Waals surface area contributed by atoms with Gasteiger partial charge in [0.05, 0.1) is 13.2 Å². The summed E-state index contributed by atoms with van der Waals surface area (Å²) in [7, 11) is 0. The molecule has 1 aliphatic rings. The number of nitrogens with zero attached hydrogens (tertiary/aromatic N) is 1. The van der Waals surface area contributed by atoms with Gasteiger partial charge >= 0.3 is 0 Å². The molecule has 0 radical (unpaired) electrons. The lowest BCUT2D eigenvalue weighted by Crippen LogP contribution is -2.25. The summed E-state index contributed by atoms with van der Waals surface area (Å²) in [5, 5.41) is 0. The van der Waals surface area contributed by atoms with Gasteiger partial charge in [-0.2, -0.15) is 0 Å². The van der Waals surface area contributed by atoms with Crippen LogP contribution >= 0.6 is 11.6 Å². The van der Waals surface area contributed by atoms with Crippen LogP contribution in [-0.4, -0.2) is 43.6 Å². The lowest BCUT2D eigenvalue weighted by atomic mass is 10.2. The second kappa shape index (κ2) is 5.79. The number of likely N-dealkylation sites (tertiary alicyclic amines) is 1.